The van der Waals surface area contributed by atoms with Gasteiger partial charge in [-0.1, -0.05) is 27.2 Å². The van der Waals surface area contributed by atoms with Crippen LogP contribution in [0.5, 0.6) is 0 Å². The highest BCUT2D eigenvalue weighted by atomic mass is 15.1. The van der Waals surface area contributed by atoms with E-state index in [-0.39, 0.29) is 0 Å². The summed E-state index contributed by atoms with van der Waals surface area (Å²) in [6.07, 6.45) is 4.02. The Hall–Kier alpha value is -0.960. The maximum Gasteiger partial charge on any atom is 0.0800 e. The molecule has 0 aliphatic carbocycles. The SMILES string of the molecule is CCCc1ccnnc1CNCC(C)C. The number of nitrogens with one attached hydrogen (secondary N) is 1. The number of nitrogens with zero attached hydrogens (tertiary/aromatic N) is 2. The van der Waals surface area contributed by atoms with Crippen molar-refractivity contribution in [3.8, 4) is 0 Å². The molecular weight excluding hydrogens is 186 g/mol. The standard InChI is InChI=1S/C12H21N3/c1-4-5-11-6-7-14-15-12(11)9-13-8-10(2)3/h6-7,10,13H,4-5,8-9H2,1-3H3. The summed E-state index contributed by atoms with van der Waals surface area (Å²) < 4.78 is 0. The first kappa shape index (κ1) is 12.1. The monoisotopic (exact) mass is 207 g/mol. The summed E-state index contributed by atoms with van der Waals surface area (Å²) in [5, 5.41) is 11.5. The molecule has 1 rings (SSSR count). The second-order valence-corrected chi connectivity index (χ2v) is 4.28. The van der Waals surface area contributed by atoms with Crippen molar-refractivity contribution < 1.29 is 0 Å². The van der Waals surface area contributed by atoms with Crippen molar-refractivity contribution in [1.82, 2.24) is 15.5 Å². The second kappa shape index (κ2) is 6.51. The van der Waals surface area contributed by atoms with E-state index >= 15 is 0 Å². The van der Waals surface area contributed by atoms with Crippen LogP contribution in [0.15, 0.2) is 12.3 Å². The molecule has 0 atom stereocenters. The first-order valence-electron chi connectivity index (χ1n) is 5.74. The van der Waals surface area contributed by atoms with Crippen molar-refractivity contribution in [2.45, 2.75) is 40.2 Å². The molecular formula is C12H21N3. The summed E-state index contributed by atoms with van der Waals surface area (Å²) in [5.74, 6) is 0.677. The van der Waals surface area contributed by atoms with Crippen molar-refractivity contribution in [2.24, 2.45) is 5.92 Å². The molecule has 0 saturated carbocycles. The van der Waals surface area contributed by atoms with Crippen LogP contribution >= 0.6 is 0 Å². The maximum atomic E-state index is 4.18. The summed E-state index contributed by atoms with van der Waals surface area (Å²) in [6.45, 7) is 8.46. The average molecular weight is 207 g/mol. The van der Waals surface area contributed by atoms with Gasteiger partial charge in [0.25, 0.3) is 0 Å². The molecule has 0 spiro atoms. The normalized spacial score (nSPS) is 10.9. The fourth-order valence-electron chi connectivity index (χ4n) is 1.51. The minimum atomic E-state index is 0.677. The van der Waals surface area contributed by atoms with Gasteiger partial charge in [-0.15, -0.1) is 0 Å². The van der Waals surface area contributed by atoms with E-state index in [0.717, 1.165) is 31.6 Å². The Balaban J connectivity index is 2.51. The van der Waals surface area contributed by atoms with Crippen LogP contribution in [-0.4, -0.2) is 16.7 Å². The van der Waals surface area contributed by atoms with Gasteiger partial charge in [-0.25, -0.2) is 0 Å². The van der Waals surface area contributed by atoms with E-state index in [4.69, 9.17) is 0 Å². The lowest BCUT2D eigenvalue weighted by Crippen LogP contribution is -2.20. The molecule has 0 radical (unpaired) electrons. The topological polar surface area (TPSA) is 37.8 Å². The van der Waals surface area contributed by atoms with E-state index in [1.54, 1.807) is 6.20 Å². The van der Waals surface area contributed by atoms with E-state index in [9.17, 15) is 0 Å². The van der Waals surface area contributed by atoms with Gasteiger partial charge in [0.15, 0.2) is 0 Å². The molecule has 15 heavy (non-hydrogen) atoms. The van der Waals surface area contributed by atoms with Gasteiger partial charge in [0.2, 0.25) is 0 Å². The lowest BCUT2D eigenvalue weighted by Gasteiger charge is -2.09. The van der Waals surface area contributed by atoms with E-state index < -0.39 is 0 Å². The Bertz CT molecular complexity index is 284. The van der Waals surface area contributed by atoms with Gasteiger partial charge in [-0.05, 0) is 30.5 Å². The average Bonchev–Trinajstić information content (AvgIpc) is 2.20. The van der Waals surface area contributed by atoms with Gasteiger partial charge < -0.3 is 5.32 Å². The Morgan fingerprint density at radius 3 is 2.87 bits per heavy atom. The van der Waals surface area contributed by atoms with Crippen LogP contribution in [0, 0.1) is 5.92 Å². The summed E-state index contributed by atoms with van der Waals surface area (Å²) in [7, 11) is 0. The van der Waals surface area contributed by atoms with E-state index in [2.05, 4.69) is 42.4 Å². The third kappa shape index (κ3) is 4.38. The highest BCUT2D eigenvalue weighted by Crippen LogP contribution is 2.06. The van der Waals surface area contributed by atoms with Crippen molar-refractivity contribution >= 4 is 0 Å². The predicted octanol–water partition coefficient (Wildman–Crippen LogP) is 2.17. The van der Waals surface area contributed by atoms with Crippen LogP contribution in [0.1, 0.15) is 38.4 Å². The molecule has 84 valence electrons. The Morgan fingerprint density at radius 2 is 2.20 bits per heavy atom. The highest BCUT2D eigenvalue weighted by molar-refractivity contribution is 5.17. The maximum absolute atomic E-state index is 4.18. The zero-order chi connectivity index (χ0) is 11.1. The molecule has 3 nitrogen and oxygen atoms in total. The number of hydrogen-bond donors (Lipinski definition) is 1. The Morgan fingerprint density at radius 1 is 1.40 bits per heavy atom. The largest absolute Gasteiger partial charge is 0.311 e. The smallest absolute Gasteiger partial charge is 0.0800 e. The molecule has 1 heterocycles. The highest BCUT2D eigenvalue weighted by Gasteiger charge is 2.03. The summed E-state index contributed by atoms with van der Waals surface area (Å²) >= 11 is 0. The molecule has 0 aliphatic heterocycles. The first-order chi connectivity index (χ1) is 7.24. The number of rotatable bonds is 6. The van der Waals surface area contributed by atoms with Crippen LogP contribution in [0.25, 0.3) is 0 Å². The van der Waals surface area contributed by atoms with Crippen LogP contribution in [0.4, 0.5) is 0 Å². The second-order valence-electron chi connectivity index (χ2n) is 4.28. The predicted molar refractivity (Wildman–Crippen MR) is 62.6 cm³/mol. The molecule has 0 unspecified atom stereocenters. The summed E-state index contributed by atoms with van der Waals surface area (Å²) in [5.41, 5.74) is 2.42. The Kier molecular flexibility index (Phi) is 5.26. The van der Waals surface area contributed by atoms with Crippen LogP contribution in [-0.2, 0) is 13.0 Å². The molecule has 3 heteroatoms. The molecule has 0 aromatic carbocycles. The third-order valence-electron chi connectivity index (χ3n) is 2.26. The number of hydrogen-bond acceptors (Lipinski definition) is 3. The fourth-order valence-corrected chi connectivity index (χ4v) is 1.51. The van der Waals surface area contributed by atoms with E-state index in [1.165, 1.54) is 5.56 Å². The van der Waals surface area contributed by atoms with Crippen LogP contribution in [0.2, 0.25) is 0 Å². The van der Waals surface area contributed by atoms with Crippen molar-refractivity contribution in [3.63, 3.8) is 0 Å². The lowest BCUT2D eigenvalue weighted by atomic mass is 10.1. The molecule has 0 amide bonds. The summed E-state index contributed by atoms with van der Waals surface area (Å²) in [4.78, 5) is 0. The molecule has 1 aromatic rings. The first-order valence-corrected chi connectivity index (χ1v) is 5.74. The summed E-state index contributed by atoms with van der Waals surface area (Å²) in [6, 6.07) is 2.07. The van der Waals surface area contributed by atoms with Crippen molar-refractivity contribution in [1.29, 1.82) is 0 Å². The fraction of sp³-hybridized carbons (Fsp3) is 0.667. The Labute approximate surface area is 92.3 Å². The minimum Gasteiger partial charge on any atom is -0.311 e. The third-order valence-corrected chi connectivity index (χ3v) is 2.26. The van der Waals surface area contributed by atoms with Crippen molar-refractivity contribution in [3.05, 3.63) is 23.5 Å². The lowest BCUT2D eigenvalue weighted by molar-refractivity contribution is 0.543. The molecule has 0 saturated heterocycles. The van der Waals surface area contributed by atoms with Gasteiger partial charge in [0, 0.05) is 12.7 Å². The molecule has 0 aliphatic rings. The number of aromatic nitrogens is 2. The quantitative estimate of drug-likeness (QED) is 0.777. The van der Waals surface area contributed by atoms with Gasteiger partial charge in [0.1, 0.15) is 0 Å². The minimum absolute atomic E-state index is 0.677. The van der Waals surface area contributed by atoms with Crippen LogP contribution in [0.3, 0.4) is 0 Å². The van der Waals surface area contributed by atoms with E-state index in [0.29, 0.717) is 5.92 Å². The van der Waals surface area contributed by atoms with Gasteiger partial charge in [0.05, 0.1) is 5.69 Å². The molecule has 0 fully saturated rings. The molecule has 1 aromatic heterocycles. The van der Waals surface area contributed by atoms with Crippen molar-refractivity contribution in [2.75, 3.05) is 6.54 Å². The molecule has 1 N–H and O–H groups in total. The van der Waals surface area contributed by atoms with Crippen LogP contribution < -0.4 is 5.32 Å². The van der Waals surface area contributed by atoms with E-state index in [1.807, 2.05) is 0 Å². The van der Waals surface area contributed by atoms with Gasteiger partial charge in [-0.2, -0.15) is 10.2 Å². The van der Waals surface area contributed by atoms with Gasteiger partial charge in [-0.3, -0.25) is 0 Å². The van der Waals surface area contributed by atoms with Gasteiger partial charge >= 0.3 is 0 Å². The molecule has 0 bridgehead atoms. The zero-order valence-corrected chi connectivity index (χ0v) is 9.95. The number of aryl methyl sites for hydroxylation is 1. The zero-order valence-electron chi connectivity index (χ0n) is 9.95.